The first-order chi connectivity index (χ1) is 13.9. The molecule has 7 nitrogen and oxygen atoms in total. The second-order valence-electron chi connectivity index (χ2n) is 9.37. The van der Waals surface area contributed by atoms with E-state index in [1.807, 2.05) is 26.0 Å². The van der Waals surface area contributed by atoms with Crippen molar-refractivity contribution in [3.63, 3.8) is 0 Å². The quantitative estimate of drug-likeness (QED) is 0.715. The van der Waals surface area contributed by atoms with Crippen LogP contribution in [0.2, 0.25) is 0 Å². The fourth-order valence-electron chi connectivity index (χ4n) is 3.55. The molecular weight excluding hydrogens is 384 g/mol. The molecule has 0 bridgehead atoms. The third-order valence-corrected chi connectivity index (χ3v) is 5.70. The standard InChI is InChI=1S/C23H34N2O5/c1-15(2)18(20(27)25-13-11-23(29,12-14-25)21(28)30-6)24-19(26)16-7-9-17(10-8-16)22(3,4)5/h7-10,15,18,29H,11-14H2,1-6H3,(H,24,26)/t18-/m0/s1. The summed E-state index contributed by atoms with van der Waals surface area (Å²) in [5.74, 6) is -1.30. The summed E-state index contributed by atoms with van der Waals surface area (Å²) in [6.07, 6.45) is 0.219. The summed E-state index contributed by atoms with van der Waals surface area (Å²) in [5, 5.41) is 13.2. The highest BCUT2D eigenvalue weighted by atomic mass is 16.5. The number of aliphatic hydroxyl groups is 1. The molecule has 1 saturated heterocycles. The number of benzene rings is 1. The average molecular weight is 419 g/mol. The summed E-state index contributed by atoms with van der Waals surface area (Å²) in [6, 6.07) is 6.72. The highest BCUT2D eigenvalue weighted by Gasteiger charge is 2.42. The van der Waals surface area contributed by atoms with Crippen molar-refractivity contribution < 1.29 is 24.2 Å². The molecule has 7 heteroatoms. The SMILES string of the molecule is COC(=O)C1(O)CCN(C(=O)[C@@H](NC(=O)c2ccc(C(C)(C)C)cc2)C(C)C)CC1. The topological polar surface area (TPSA) is 95.9 Å². The molecule has 0 radical (unpaired) electrons. The van der Waals surface area contributed by atoms with E-state index in [9.17, 15) is 19.5 Å². The van der Waals surface area contributed by atoms with E-state index in [0.717, 1.165) is 5.56 Å². The van der Waals surface area contributed by atoms with Crippen LogP contribution in [0.3, 0.4) is 0 Å². The number of esters is 1. The maximum absolute atomic E-state index is 13.1. The number of nitrogens with zero attached hydrogens (tertiary/aromatic N) is 1. The van der Waals surface area contributed by atoms with Gasteiger partial charge in [-0.3, -0.25) is 9.59 Å². The molecule has 1 fully saturated rings. The summed E-state index contributed by atoms with van der Waals surface area (Å²) in [4.78, 5) is 39.2. The number of ether oxygens (including phenoxy) is 1. The van der Waals surface area contributed by atoms with Gasteiger partial charge in [-0.1, -0.05) is 46.8 Å². The number of hydrogen-bond donors (Lipinski definition) is 2. The van der Waals surface area contributed by atoms with Gasteiger partial charge in [0, 0.05) is 31.5 Å². The minimum atomic E-state index is -1.56. The van der Waals surface area contributed by atoms with Gasteiger partial charge in [0.15, 0.2) is 5.60 Å². The number of rotatable bonds is 5. The number of amides is 2. The predicted molar refractivity (Wildman–Crippen MR) is 114 cm³/mol. The van der Waals surface area contributed by atoms with E-state index in [2.05, 4.69) is 30.8 Å². The number of piperidine rings is 1. The largest absolute Gasteiger partial charge is 0.467 e. The zero-order valence-corrected chi connectivity index (χ0v) is 18.8. The maximum atomic E-state index is 13.1. The molecular formula is C23H34N2O5. The van der Waals surface area contributed by atoms with Crippen molar-refractivity contribution in [3.05, 3.63) is 35.4 Å². The molecule has 1 aliphatic heterocycles. The number of carbonyl (C=O) groups is 3. The Morgan fingerprint density at radius 3 is 2.07 bits per heavy atom. The highest BCUT2D eigenvalue weighted by molar-refractivity contribution is 5.97. The van der Waals surface area contributed by atoms with E-state index < -0.39 is 17.6 Å². The smallest absolute Gasteiger partial charge is 0.337 e. The third kappa shape index (κ3) is 5.39. The summed E-state index contributed by atoms with van der Waals surface area (Å²) < 4.78 is 4.66. The van der Waals surface area contributed by atoms with Gasteiger partial charge in [0.2, 0.25) is 5.91 Å². The van der Waals surface area contributed by atoms with Crippen molar-refractivity contribution in [1.29, 1.82) is 0 Å². The van der Waals surface area contributed by atoms with E-state index in [1.54, 1.807) is 17.0 Å². The Bertz CT molecular complexity index is 772. The zero-order valence-electron chi connectivity index (χ0n) is 18.8. The van der Waals surface area contributed by atoms with E-state index in [0.29, 0.717) is 5.56 Å². The molecule has 0 spiro atoms. The first-order valence-electron chi connectivity index (χ1n) is 10.4. The second kappa shape index (κ2) is 9.16. The molecule has 1 aromatic rings. The summed E-state index contributed by atoms with van der Waals surface area (Å²) in [6.45, 7) is 10.5. The molecule has 2 rings (SSSR count). The molecule has 2 N–H and O–H groups in total. The predicted octanol–water partition coefficient (Wildman–Crippen LogP) is 2.26. The summed E-state index contributed by atoms with van der Waals surface area (Å²) in [7, 11) is 1.23. The van der Waals surface area contributed by atoms with Gasteiger partial charge >= 0.3 is 5.97 Å². The molecule has 0 saturated carbocycles. The van der Waals surface area contributed by atoms with Gasteiger partial charge in [-0.05, 0) is 29.0 Å². The van der Waals surface area contributed by atoms with E-state index in [-0.39, 0.29) is 49.1 Å². The Labute approximate surface area is 178 Å². The molecule has 1 aromatic carbocycles. The lowest BCUT2D eigenvalue weighted by atomic mass is 9.86. The maximum Gasteiger partial charge on any atom is 0.337 e. The van der Waals surface area contributed by atoms with Crippen LogP contribution in [0.4, 0.5) is 0 Å². The lowest BCUT2D eigenvalue weighted by Gasteiger charge is -2.38. The number of hydrogen-bond acceptors (Lipinski definition) is 5. The lowest BCUT2D eigenvalue weighted by Crippen LogP contribution is -2.56. The molecule has 1 aliphatic rings. The lowest BCUT2D eigenvalue weighted by molar-refractivity contribution is -0.169. The minimum Gasteiger partial charge on any atom is -0.467 e. The molecule has 30 heavy (non-hydrogen) atoms. The van der Waals surface area contributed by atoms with Gasteiger partial charge in [-0.25, -0.2) is 4.79 Å². The monoisotopic (exact) mass is 418 g/mol. The first kappa shape index (κ1) is 23.9. The van der Waals surface area contributed by atoms with Crippen LogP contribution in [0.5, 0.6) is 0 Å². The first-order valence-corrected chi connectivity index (χ1v) is 10.4. The number of nitrogens with one attached hydrogen (secondary N) is 1. The van der Waals surface area contributed by atoms with Crippen molar-refractivity contribution >= 4 is 17.8 Å². The van der Waals surface area contributed by atoms with Crippen LogP contribution in [-0.2, 0) is 19.7 Å². The molecule has 2 amide bonds. The van der Waals surface area contributed by atoms with Gasteiger partial charge in [0.05, 0.1) is 7.11 Å². The van der Waals surface area contributed by atoms with Crippen molar-refractivity contribution in [3.8, 4) is 0 Å². The van der Waals surface area contributed by atoms with Crippen LogP contribution < -0.4 is 5.32 Å². The molecule has 1 atom stereocenters. The van der Waals surface area contributed by atoms with E-state index in [1.165, 1.54) is 7.11 Å². The Kier molecular flexibility index (Phi) is 7.29. The Balaban J connectivity index is 2.06. The number of likely N-dealkylation sites (tertiary alicyclic amines) is 1. The molecule has 0 unspecified atom stereocenters. The second-order valence-corrected chi connectivity index (χ2v) is 9.37. The van der Waals surface area contributed by atoms with Crippen LogP contribution in [-0.4, -0.2) is 59.6 Å². The van der Waals surface area contributed by atoms with Crippen LogP contribution in [0.15, 0.2) is 24.3 Å². The fourth-order valence-corrected chi connectivity index (χ4v) is 3.55. The fraction of sp³-hybridized carbons (Fsp3) is 0.609. The van der Waals surface area contributed by atoms with Crippen LogP contribution in [0.1, 0.15) is 63.4 Å². The zero-order chi connectivity index (χ0) is 22.7. The molecule has 0 aliphatic carbocycles. The van der Waals surface area contributed by atoms with Crippen LogP contribution >= 0.6 is 0 Å². The Morgan fingerprint density at radius 2 is 1.63 bits per heavy atom. The highest BCUT2D eigenvalue weighted by Crippen LogP contribution is 2.25. The Morgan fingerprint density at radius 1 is 1.10 bits per heavy atom. The van der Waals surface area contributed by atoms with Crippen molar-refractivity contribution in [2.45, 2.75) is 64.5 Å². The number of methoxy groups -OCH3 is 1. The van der Waals surface area contributed by atoms with Crippen molar-refractivity contribution in [2.24, 2.45) is 5.92 Å². The van der Waals surface area contributed by atoms with Crippen LogP contribution in [0.25, 0.3) is 0 Å². The van der Waals surface area contributed by atoms with Gasteiger partial charge in [-0.15, -0.1) is 0 Å². The summed E-state index contributed by atoms with van der Waals surface area (Å²) in [5.41, 5.74) is 0.0602. The van der Waals surface area contributed by atoms with E-state index >= 15 is 0 Å². The average Bonchev–Trinajstić information content (AvgIpc) is 2.70. The summed E-state index contributed by atoms with van der Waals surface area (Å²) >= 11 is 0. The van der Waals surface area contributed by atoms with Crippen LogP contribution in [0, 0.1) is 5.92 Å². The molecule has 166 valence electrons. The van der Waals surface area contributed by atoms with Gasteiger partial charge in [0.1, 0.15) is 6.04 Å². The molecule has 1 heterocycles. The normalized spacial score (nSPS) is 17.4. The van der Waals surface area contributed by atoms with E-state index in [4.69, 9.17) is 0 Å². The van der Waals surface area contributed by atoms with Crippen molar-refractivity contribution in [2.75, 3.05) is 20.2 Å². The van der Waals surface area contributed by atoms with Gasteiger partial charge < -0.3 is 20.1 Å². The van der Waals surface area contributed by atoms with Gasteiger partial charge in [-0.2, -0.15) is 0 Å². The third-order valence-electron chi connectivity index (χ3n) is 5.70. The van der Waals surface area contributed by atoms with Crippen molar-refractivity contribution in [1.82, 2.24) is 10.2 Å². The Hall–Kier alpha value is -2.41. The van der Waals surface area contributed by atoms with Gasteiger partial charge in [0.25, 0.3) is 5.91 Å². The number of carbonyl (C=O) groups excluding carboxylic acids is 3. The minimum absolute atomic E-state index is 0.00811. The molecule has 0 aromatic heterocycles.